The second kappa shape index (κ2) is 5.40. The third-order valence-corrected chi connectivity index (χ3v) is 3.43. The molecule has 1 aromatic rings. The van der Waals surface area contributed by atoms with Crippen LogP contribution in [0.3, 0.4) is 0 Å². The van der Waals surface area contributed by atoms with E-state index in [1.165, 1.54) is 0 Å². The zero-order valence-electron chi connectivity index (χ0n) is 11.3. The lowest BCUT2D eigenvalue weighted by Gasteiger charge is -2.26. The average molecular weight is 248 g/mol. The lowest BCUT2D eigenvalue weighted by Crippen LogP contribution is -2.33. The second-order valence-corrected chi connectivity index (χ2v) is 4.69. The summed E-state index contributed by atoms with van der Waals surface area (Å²) in [6, 6.07) is 2.26. The van der Waals surface area contributed by atoms with Crippen LogP contribution in [0, 0.1) is 18.3 Å². The zero-order chi connectivity index (χ0) is 13.1. The zero-order valence-corrected chi connectivity index (χ0v) is 11.3. The summed E-state index contributed by atoms with van der Waals surface area (Å²) < 4.78 is 7.47. The van der Waals surface area contributed by atoms with E-state index in [0.29, 0.717) is 5.56 Å². The maximum Gasteiger partial charge on any atom is 0.145 e. The molecule has 18 heavy (non-hydrogen) atoms. The van der Waals surface area contributed by atoms with Crippen LogP contribution in [0.25, 0.3) is 0 Å². The molecule has 1 aliphatic heterocycles. The van der Waals surface area contributed by atoms with Crippen molar-refractivity contribution in [2.45, 2.75) is 32.8 Å². The molecule has 1 saturated heterocycles. The summed E-state index contributed by atoms with van der Waals surface area (Å²) in [5.74, 6) is 0.910. The maximum atomic E-state index is 9.26. The highest BCUT2D eigenvalue weighted by atomic mass is 16.5. The molecule has 5 heteroatoms. The quantitative estimate of drug-likeness (QED) is 0.812. The Labute approximate surface area is 108 Å². The first kappa shape index (κ1) is 12.9. The Balaban J connectivity index is 2.24. The predicted molar refractivity (Wildman–Crippen MR) is 69.5 cm³/mol. The van der Waals surface area contributed by atoms with Crippen molar-refractivity contribution in [1.82, 2.24) is 9.78 Å². The van der Waals surface area contributed by atoms with Gasteiger partial charge in [-0.25, -0.2) is 0 Å². The van der Waals surface area contributed by atoms with Crippen LogP contribution in [0.2, 0.25) is 0 Å². The van der Waals surface area contributed by atoms with Crippen LogP contribution in [-0.4, -0.2) is 35.6 Å². The smallest absolute Gasteiger partial charge is 0.145 e. The van der Waals surface area contributed by atoms with Gasteiger partial charge in [-0.2, -0.15) is 10.4 Å². The lowest BCUT2D eigenvalue weighted by molar-refractivity contribution is 0.115. The van der Waals surface area contributed by atoms with Crippen molar-refractivity contribution < 1.29 is 4.74 Å². The van der Waals surface area contributed by atoms with Gasteiger partial charge in [-0.1, -0.05) is 0 Å². The van der Waals surface area contributed by atoms with Crippen molar-refractivity contribution in [3.05, 3.63) is 11.3 Å². The van der Waals surface area contributed by atoms with Crippen LogP contribution in [0.1, 0.15) is 31.0 Å². The first-order chi connectivity index (χ1) is 8.67. The molecule has 1 fully saturated rings. The predicted octanol–water partition coefficient (Wildman–Crippen LogP) is 1.61. The molecule has 0 bridgehead atoms. The number of nitrogens with zero attached hydrogens (tertiary/aromatic N) is 4. The van der Waals surface area contributed by atoms with Crippen molar-refractivity contribution >= 4 is 5.82 Å². The molecule has 0 aromatic carbocycles. The van der Waals surface area contributed by atoms with Gasteiger partial charge in [0.25, 0.3) is 0 Å². The molecule has 0 amide bonds. The number of likely N-dealkylation sites (N-methyl/N-ethyl adjacent to an activating group) is 1. The molecule has 1 aliphatic rings. The number of aromatic nitrogens is 2. The van der Waals surface area contributed by atoms with Gasteiger partial charge < -0.3 is 9.64 Å². The Kier molecular flexibility index (Phi) is 3.87. The number of hydrogen-bond acceptors (Lipinski definition) is 4. The van der Waals surface area contributed by atoms with E-state index in [1.807, 2.05) is 14.0 Å². The molecule has 0 radical (unpaired) electrons. The van der Waals surface area contributed by atoms with Gasteiger partial charge in [0.05, 0.1) is 11.8 Å². The summed E-state index contributed by atoms with van der Waals surface area (Å²) in [4.78, 5) is 2.19. The van der Waals surface area contributed by atoms with Crippen LogP contribution in [0.15, 0.2) is 0 Å². The molecule has 1 unspecified atom stereocenters. The van der Waals surface area contributed by atoms with E-state index in [-0.39, 0.29) is 6.10 Å². The van der Waals surface area contributed by atoms with Gasteiger partial charge in [-0.3, -0.25) is 4.68 Å². The third kappa shape index (κ3) is 2.34. The van der Waals surface area contributed by atoms with Crippen molar-refractivity contribution in [2.24, 2.45) is 7.05 Å². The minimum Gasteiger partial charge on any atom is -0.376 e. The van der Waals surface area contributed by atoms with E-state index < -0.39 is 0 Å². The first-order valence-electron chi connectivity index (χ1n) is 6.47. The third-order valence-electron chi connectivity index (χ3n) is 3.43. The molecule has 0 spiro atoms. The molecule has 0 N–H and O–H groups in total. The summed E-state index contributed by atoms with van der Waals surface area (Å²) in [5.41, 5.74) is 1.47. The van der Waals surface area contributed by atoms with E-state index >= 15 is 0 Å². The Hall–Kier alpha value is -1.54. The topological polar surface area (TPSA) is 54.1 Å². The Morgan fingerprint density at radius 3 is 2.94 bits per heavy atom. The molecule has 1 atom stereocenters. The van der Waals surface area contributed by atoms with Crippen LogP contribution in [0.4, 0.5) is 5.82 Å². The first-order valence-corrected chi connectivity index (χ1v) is 6.47. The summed E-state index contributed by atoms with van der Waals surface area (Å²) >= 11 is 0. The highest BCUT2D eigenvalue weighted by Gasteiger charge is 2.23. The highest BCUT2D eigenvalue weighted by Crippen LogP contribution is 2.24. The van der Waals surface area contributed by atoms with Gasteiger partial charge in [0.15, 0.2) is 0 Å². The van der Waals surface area contributed by atoms with Gasteiger partial charge in [0.2, 0.25) is 0 Å². The molecular formula is C13H20N4O. The van der Waals surface area contributed by atoms with Crippen LogP contribution in [0.5, 0.6) is 0 Å². The monoisotopic (exact) mass is 248 g/mol. The maximum absolute atomic E-state index is 9.26. The van der Waals surface area contributed by atoms with Gasteiger partial charge in [-0.15, -0.1) is 0 Å². The summed E-state index contributed by atoms with van der Waals surface area (Å²) in [6.07, 6.45) is 2.53. The van der Waals surface area contributed by atoms with E-state index in [9.17, 15) is 5.26 Å². The molecule has 0 saturated carbocycles. The fourth-order valence-electron chi connectivity index (χ4n) is 2.54. The van der Waals surface area contributed by atoms with Crippen molar-refractivity contribution in [3.8, 4) is 6.07 Å². The standard InChI is InChI=1S/C13H20N4O/c1-4-17(9-11-6-5-7-18-11)13-12(8-14)10(2)15-16(13)3/h11H,4-7,9H2,1-3H3. The number of nitriles is 1. The SMILES string of the molecule is CCN(CC1CCCO1)c1c(C#N)c(C)nn1C. The molecule has 0 aliphatic carbocycles. The average Bonchev–Trinajstić information content (AvgIpc) is 2.94. The second-order valence-electron chi connectivity index (χ2n) is 4.69. The van der Waals surface area contributed by atoms with Gasteiger partial charge in [0.1, 0.15) is 17.5 Å². The van der Waals surface area contributed by atoms with Crippen molar-refractivity contribution in [1.29, 1.82) is 5.26 Å². The summed E-state index contributed by atoms with van der Waals surface area (Å²) in [5, 5.41) is 13.6. The minimum absolute atomic E-state index is 0.284. The highest BCUT2D eigenvalue weighted by molar-refractivity contribution is 5.57. The largest absolute Gasteiger partial charge is 0.376 e. The van der Waals surface area contributed by atoms with E-state index in [4.69, 9.17) is 4.74 Å². The van der Waals surface area contributed by atoms with Crippen LogP contribution in [-0.2, 0) is 11.8 Å². The molecular weight excluding hydrogens is 228 g/mol. The fourth-order valence-corrected chi connectivity index (χ4v) is 2.54. The van der Waals surface area contributed by atoms with E-state index in [1.54, 1.807) is 4.68 Å². The van der Waals surface area contributed by atoms with Crippen LogP contribution >= 0.6 is 0 Å². The lowest BCUT2D eigenvalue weighted by atomic mass is 10.2. The number of aryl methyl sites for hydroxylation is 2. The van der Waals surface area contributed by atoms with Crippen LogP contribution < -0.4 is 4.90 Å². The van der Waals surface area contributed by atoms with E-state index in [0.717, 1.165) is 44.0 Å². The van der Waals surface area contributed by atoms with Gasteiger partial charge in [-0.05, 0) is 26.7 Å². The van der Waals surface area contributed by atoms with E-state index in [2.05, 4.69) is 23.0 Å². The molecule has 5 nitrogen and oxygen atoms in total. The molecule has 2 rings (SSSR count). The Morgan fingerprint density at radius 1 is 1.61 bits per heavy atom. The number of hydrogen-bond donors (Lipinski definition) is 0. The molecule has 2 heterocycles. The number of anilines is 1. The minimum atomic E-state index is 0.284. The fraction of sp³-hybridized carbons (Fsp3) is 0.692. The molecule has 98 valence electrons. The van der Waals surface area contributed by atoms with Gasteiger partial charge in [0, 0.05) is 26.7 Å². The summed E-state index contributed by atoms with van der Waals surface area (Å²) in [7, 11) is 1.89. The van der Waals surface area contributed by atoms with Gasteiger partial charge >= 0.3 is 0 Å². The number of rotatable bonds is 4. The number of ether oxygens (including phenoxy) is 1. The summed E-state index contributed by atoms with van der Waals surface area (Å²) in [6.45, 7) is 6.52. The van der Waals surface area contributed by atoms with Crippen molar-refractivity contribution in [3.63, 3.8) is 0 Å². The van der Waals surface area contributed by atoms with Crippen molar-refractivity contribution in [2.75, 3.05) is 24.6 Å². The molecule has 1 aromatic heterocycles. The Morgan fingerprint density at radius 2 is 2.39 bits per heavy atom. The Bertz CT molecular complexity index is 454. The normalized spacial score (nSPS) is 18.9.